The quantitative estimate of drug-likeness (QED) is 0.877. The van der Waals surface area contributed by atoms with Gasteiger partial charge >= 0.3 is 0 Å². The fraction of sp³-hybridized carbons (Fsp3) is 0.286. The zero-order chi connectivity index (χ0) is 12.8. The Morgan fingerprint density at radius 3 is 2.78 bits per heavy atom. The summed E-state index contributed by atoms with van der Waals surface area (Å²) in [5.41, 5.74) is 2.00. The summed E-state index contributed by atoms with van der Waals surface area (Å²) < 4.78 is 5.67. The van der Waals surface area contributed by atoms with Crippen LogP contribution in [-0.2, 0) is 6.54 Å². The van der Waals surface area contributed by atoms with Gasteiger partial charge in [0.15, 0.2) is 5.75 Å². The highest BCUT2D eigenvalue weighted by atomic mass is 16.5. The van der Waals surface area contributed by atoms with Crippen LogP contribution in [-0.4, -0.2) is 16.5 Å². The number of nitrogens with one attached hydrogen (secondary N) is 1. The van der Waals surface area contributed by atoms with E-state index in [1.807, 2.05) is 37.4 Å². The van der Waals surface area contributed by atoms with Gasteiger partial charge in [0.2, 0.25) is 5.88 Å². The molecule has 0 atom stereocenters. The molecule has 0 saturated heterocycles. The Balaban J connectivity index is 2.04. The summed E-state index contributed by atoms with van der Waals surface area (Å²) in [7, 11) is 0. The Kier molecular flexibility index (Phi) is 4.25. The smallest absolute Gasteiger partial charge is 0.219 e. The Labute approximate surface area is 107 Å². The molecule has 0 bridgehead atoms. The molecule has 0 amide bonds. The van der Waals surface area contributed by atoms with E-state index >= 15 is 0 Å². The van der Waals surface area contributed by atoms with E-state index in [1.165, 1.54) is 0 Å². The third-order valence-electron chi connectivity index (χ3n) is 2.55. The molecule has 0 radical (unpaired) electrons. The molecule has 0 saturated carbocycles. The zero-order valence-electron chi connectivity index (χ0n) is 10.7. The molecule has 4 nitrogen and oxygen atoms in total. The molecule has 0 unspecified atom stereocenters. The molecular formula is C14H17N3O. The van der Waals surface area contributed by atoms with Gasteiger partial charge in [-0.1, -0.05) is 13.0 Å². The number of pyridine rings is 2. The molecule has 0 spiro atoms. The molecule has 0 aliphatic heterocycles. The Morgan fingerprint density at radius 1 is 1.22 bits per heavy atom. The summed E-state index contributed by atoms with van der Waals surface area (Å²) in [6.45, 7) is 5.77. The second-order valence-corrected chi connectivity index (χ2v) is 3.97. The minimum absolute atomic E-state index is 0.589. The highest BCUT2D eigenvalue weighted by Gasteiger charge is 2.02. The molecule has 1 N–H and O–H groups in total. The molecule has 0 aromatic carbocycles. The van der Waals surface area contributed by atoms with Gasteiger partial charge in [0.1, 0.15) is 0 Å². The Bertz CT molecular complexity index is 497. The molecule has 94 valence electrons. The molecule has 2 aromatic rings. The van der Waals surface area contributed by atoms with E-state index in [9.17, 15) is 0 Å². The fourth-order valence-electron chi connectivity index (χ4n) is 1.54. The van der Waals surface area contributed by atoms with Crippen LogP contribution >= 0.6 is 0 Å². The van der Waals surface area contributed by atoms with E-state index in [-0.39, 0.29) is 0 Å². The maximum Gasteiger partial charge on any atom is 0.219 e. The lowest BCUT2D eigenvalue weighted by Gasteiger charge is -2.07. The third kappa shape index (κ3) is 3.28. The van der Waals surface area contributed by atoms with Crippen LogP contribution in [0.3, 0.4) is 0 Å². The topological polar surface area (TPSA) is 47.0 Å². The monoisotopic (exact) mass is 243 g/mol. The first kappa shape index (κ1) is 12.5. The number of rotatable bonds is 5. The van der Waals surface area contributed by atoms with Gasteiger partial charge in [-0.3, -0.25) is 4.98 Å². The van der Waals surface area contributed by atoms with Gasteiger partial charge in [-0.2, -0.15) is 0 Å². The van der Waals surface area contributed by atoms with Gasteiger partial charge in [-0.05, 0) is 31.2 Å². The van der Waals surface area contributed by atoms with Gasteiger partial charge in [0.05, 0.1) is 5.69 Å². The van der Waals surface area contributed by atoms with E-state index in [1.54, 1.807) is 6.20 Å². The summed E-state index contributed by atoms with van der Waals surface area (Å²) in [6.07, 6.45) is 3.57. The highest BCUT2D eigenvalue weighted by Crippen LogP contribution is 2.21. The molecule has 4 heteroatoms. The summed E-state index contributed by atoms with van der Waals surface area (Å²) in [4.78, 5) is 8.45. The third-order valence-corrected chi connectivity index (χ3v) is 2.55. The normalized spacial score (nSPS) is 10.3. The van der Waals surface area contributed by atoms with Crippen LogP contribution in [0.2, 0.25) is 0 Å². The van der Waals surface area contributed by atoms with E-state index in [2.05, 4.69) is 22.2 Å². The van der Waals surface area contributed by atoms with E-state index in [0.717, 1.165) is 30.1 Å². The maximum atomic E-state index is 5.67. The van der Waals surface area contributed by atoms with Crippen molar-refractivity contribution in [2.75, 3.05) is 6.54 Å². The van der Waals surface area contributed by atoms with Crippen molar-refractivity contribution < 1.29 is 4.74 Å². The Hall–Kier alpha value is -1.94. The summed E-state index contributed by atoms with van der Waals surface area (Å²) >= 11 is 0. The summed E-state index contributed by atoms with van der Waals surface area (Å²) in [6, 6.07) is 7.62. The van der Waals surface area contributed by atoms with Gasteiger partial charge in [-0.25, -0.2) is 4.98 Å². The van der Waals surface area contributed by atoms with Crippen LogP contribution < -0.4 is 10.1 Å². The van der Waals surface area contributed by atoms with Crippen molar-refractivity contribution in [2.24, 2.45) is 0 Å². The van der Waals surface area contributed by atoms with Crippen molar-refractivity contribution in [3.8, 4) is 11.6 Å². The van der Waals surface area contributed by atoms with Crippen LogP contribution in [0.15, 0.2) is 36.7 Å². The number of nitrogens with zero attached hydrogens (tertiary/aromatic N) is 2. The fourth-order valence-corrected chi connectivity index (χ4v) is 1.54. The Morgan fingerprint density at radius 2 is 2.11 bits per heavy atom. The maximum absolute atomic E-state index is 5.67. The van der Waals surface area contributed by atoms with Crippen molar-refractivity contribution in [1.29, 1.82) is 0 Å². The predicted molar refractivity (Wildman–Crippen MR) is 70.7 cm³/mol. The number of aryl methyl sites for hydroxylation is 1. The standard InChI is InChI=1S/C14H17N3O/c1-3-15-9-12-6-7-14(17-10-12)18-13-5-4-8-16-11(13)2/h4-8,10,15H,3,9H2,1-2H3. The first-order valence-corrected chi connectivity index (χ1v) is 6.04. The molecule has 2 aromatic heterocycles. The molecule has 0 aliphatic carbocycles. The average molecular weight is 243 g/mol. The van der Waals surface area contributed by atoms with Crippen molar-refractivity contribution in [3.05, 3.63) is 47.9 Å². The van der Waals surface area contributed by atoms with Crippen molar-refractivity contribution >= 4 is 0 Å². The molecule has 0 fully saturated rings. The lowest BCUT2D eigenvalue weighted by atomic mass is 10.3. The first-order chi connectivity index (χ1) is 8.79. The molecule has 2 rings (SSSR count). The molecular weight excluding hydrogens is 226 g/mol. The van der Waals surface area contributed by atoms with Crippen molar-refractivity contribution in [1.82, 2.24) is 15.3 Å². The summed E-state index contributed by atoms with van der Waals surface area (Å²) in [5, 5.41) is 3.25. The van der Waals surface area contributed by atoms with E-state index in [4.69, 9.17) is 4.74 Å². The number of ether oxygens (including phenoxy) is 1. The first-order valence-electron chi connectivity index (χ1n) is 6.04. The van der Waals surface area contributed by atoms with Crippen molar-refractivity contribution in [2.45, 2.75) is 20.4 Å². The predicted octanol–water partition coefficient (Wildman–Crippen LogP) is 2.69. The average Bonchev–Trinajstić information content (AvgIpc) is 2.41. The largest absolute Gasteiger partial charge is 0.437 e. The second-order valence-electron chi connectivity index (χ2n) is 3.97. The number of hydrogen-bond donors (Lipinski definition) is 1. The van der Waals surface area contributed by atoms with Crippen LogP contribution in [0, 0.1) is 6.92 Å². The minimum Gasteiger partial charge on any atom is -0.437 e. The van der Waals surface area contributed by atoms with Crippen molar-refractivity contribution in [3.63, 3.8) is 0 Å². The van der Waals surface area contributed by atoms with Crippen LogP contribution in [0.25, 0.3) is 0 Å². The molecule has 0 aliphatic rings. The number of aromatic nitrogens is 2. The van der Waals surface area contributed by atoms with E-state index < -0.39 is 0 Å². The van der Waals surface area contributed by atoms with Gasteiger partial charge < -0.3 is 10.1 Å². The summed E-state index contributed by atoms with van der Waals surface area (Å²) in [5.74, 6) is 1.33. The van der Waals surface area contributed by atoms with Gasteiger partial charge in [-0.15, -0.1) is 0 Å². The SMILES string of the molecule is CCNCc1ccc(Oc2cccnc2C)nc1. The van der Waals surface area contributed by atoms with E-state index in [0.29, 0.717) is 5.88 Å². The lowest BCUT2D eigenvalue weighted by Crippen LogP contribution is -2.11. The number of hydrogen-bond acceptors (Lipinski definition) is 4. The lowest BCUT2D eigenvalue weighted by molar-refractivity contribution is 0.456. The van der Waals surface area contributed by atoms with Crippen LogP contribution in [0.4, 0.5) is 0 Å². The van der Waals surface area contributed by atoms with Gasteiger partial charge in [0.25, 0.3) is 0 Å². The zero-order valence-corrected chi connectivity index (χ0v) is 10.7. The van der Waals surface area contributed by atoms with Crippen LogP contribution in [0.1, 0.15) is 18.2 Å². The molecule has 18 heavy (non-hydrogen) atoms. The molecule has 2 heterocycles. The van der Waals surface area contributed by atoms with Gasteiger partial charge in [0, 0.05) is 25.0 Å². The second kappa shape index (κ2) is 6.12. The highest BCUT2D eigenvalue weighted by molar-refractivity contribution is 5.30. The minimum atomic E-state index is 0.589. The van der Waals surface area contributed by atoms with Crippen LogP contribution in [0.5, 0.6) is 11.6 Å².